The van der Waals surface area contributed by atoms with E-state index >= 15 is 0 Å². The van der Waals surface area contributed by atoms with Crippen LogP contribution in [0.2, 0.25) is 0 Å². The minimum atomic E-state index is -0.0976. The van der Waals surface area contributed by atoms with Gasteiger partial charge in [0.1, 0.15) is 0 Å². The van der Waals surface area contributed by atoms with Crippen molar-refractivity contribution in [3.05, 3.63) is 35.9 Å². The largest absolute Gasteiger partial charge is 0.379 e. The second-order valence-electron chi connectivity index (χ2n) is 7.74. The van der Waals surface area contributed by atoms with Crippen molar-refractivity contribution >= 4 is 23.6 Å². The maximum absolute atomic E-state index is 12.4. The second-order valence-corrected chi connectivity index (χ2v) is 7.74. The van der Waals surface area contributed by atoms with E-state index in [1.807, 2.05) is 24.3 Å². The van der Waals surface area contributed by atoms with Gasteiger partial charge in [0.25, 0.3) is 0 Å². The van der Waals surface area contributed by atoms with E-state index in [4.69, 9.17) is 4.74 Å². The molecule has 2 aliphatic rings. The molecule has 1 aromatic rings. The van der Waals surface area contributed by atoms with Gasteiger partial charge in [-0.2, -0.15) is 0 Å². The minimum Gasteiger partial charge on any atom is -0.379 e. The number of anilines is 1. The lowest BCUT2D eigenvalue weighted by molar-refractivity contribution is -0.118. The van der Waals surface area contributed by atoms with Crippen molar-refractivity contribution in [3.8, 4) is 0 Å². The highest BCUT2D eigenvalue weighted by Crippen LogP contribution is 2.33. The van der Waals surface area contributed by atoms with Crippen LogP contribution in [0.25, 0.3) is 6.08 Å². The second kappa shape index (κ2) is 9.85. The van der Waals surface area contributed by atoms with Gasteiger partial charge >= 0.3 is 0 Å². The van der Waals surface area contributed by atoms with E-state index in [0.717, 1.165) is 50.4 Å². The molecule has 1 aromatic carbocycles. The van der Waals surface area contributed by atoms with E-state index in [1.165, 1.54) is 26.2 Å². The molecule has 6 heteroatoms. The normalized spacial score (nSPS) is 20.0. The third-order valence-electron chi connectivity index (χ3n) is 5.72. The van der Waals surface area contributed by atoms with Crippen molar-refractivity contribution in [3.63, 3.8) is 0 Å². The van der Waals surface area contributed by atoms with Crippen LogP contribution in [-0.2, 0) is 14.3 Å². The fraction of sp³-hybridized carbons (Fsp3) is 0.545. The average Bonchev–Trinajstić information content (AvgIpc) is 2.73. The molecule has 1 heterocycles. The number of carbonyl (C=O) groups is 2. The molecule has 28 heavy (non-hydrogen) atoms. The number of hydrogen-bond donors (Lipinski definition) is 2. The van der Waals surface area contributed by atoms with Gasteiger partial charge in [0.15, 0.2) is 0 Å². The molecule has 2 fully saturated rings. The van der Waals surface area contributed by atoms with Gasteiger partial charge in [-0.15, -0.1) is 0 Å². The lowest BCUT2D eigenvalue weighted by Crippen LogP contribution is -2.59. The summed E-state index contributed by atoms with van der Waals surface area (Å²) >= 11 is 0. The number of amides is 2. The summed E-state index contributed by atoms with van der Waals surface area (Å²) in [6.07, 6.45) is 9.41. The first-order chi connectivity index (χ1) is 13.6. The number of nitrogens with one attached hydrogen (secondary N) is 2. The van der Waals surface area contributed by atoms with Crippen LogP contribution in [0.3, 0.4) is 0 Å². The number of rotatable bonds is 6. The summed E-state index contributed by atoms with van der Waals surface area (Å²) in [7, 11) is 0. The molecule has 1 aliphatic heterocycles. The van der Waals surface area contributed by atoms with E-state index < -0.39 is 0 Å². The van der Waals surface area contributed by atoms with Crippen molar-refractivity contribution in [1.29, 1.82) is 0 Å². The zero-order valence-corrected chi connectivity index (χ0v) is 16.7. The highest BCUT2D eigenvalue weighted by Gasteiger charge is 2.38. The molecule has 1 aliphatic carbocycles. The fourth-order valence-corrected chi connectivity index (χ4v) is 4.22. The van der Waals surface area contributed by atoms with Crippen LogP contribution in [0.1, 0.15) is 44.6 Å². The van der Waals surface area contributed by atoms with Crippen LogP contribution in [0.15, 0.2) is 30.3 Å². The molecule has 2 amide bonds. The Kier molecular flexibility index (Phi) is 7.23. The molecule has 0 atom stereocenters. The van der Waals surface area contributed by atoms with Gasteiger partial charge in [-0.05, 0) is 36.6 Å². The minimum absolute atomic E-state index is 0.0656. The summed E-state index contributed by atoms with van der Waals surface area (Å²) in [5.41, 5.74) is 1.74. The monoisotopic (exact) mass is 385 g/mol. The highest BCUT2D eigenvalue weighted by molar-refractivity contribution is 5.92. The van der Waals surface area contributed by atoms with Gasteiger partial charge in [-0.25, -0.2) is 0 Å². The Bertz CT molecular complexity index is 687. The van der Waals surface area contributed by atoms with Gasteiger partial charge in [0.2, 0.25) is 11.8 Å². The Morgan fingerprint density at radius 1 is 1.11 bits per heavy atom. The molecule has 0 spiro atoms. The quantitative estimate of drug-likeness (QED) is 0.739. The standard InChI is InChI=1S/C22H31N3O3/c1-18(26)24-20-8-5-19(6-9-20)7-10-21(27)23-17-22(11-3-2-4-12-22)25-13-15-28-16-14-25/h5-10H,2-4,11-17H2,1H3,(H,23,27)(H,24,26)/b10-7+. The van der Waals surface area contributed by atoms with Crippen molar-refractivity contribution in [2.45, 2.75) is 44.6 Å². The van der Waals surface area contributed by atoms with Gasteiger partial charge < -0.3 is 15.4 Å². The Balaban J connectivity index is 1.55. The predicted molar refractivity (Wildman–Crippen MR) is 111 cm³/mol. The molecule has 0 radical (unpaired) electrons. The summed E-state index contributed by atoms with van der Waals surface area (Å²) in [6, 6.07) is 7.42. The van der Waals surface area contributed by atoms with E-state index in [-0.39, 0.29) is 17.4 Å². The van der Waals surface area contributed by atoms with E-state index in [2.05, 4.69) is 15.5 Å². The zero-order chi connectivity index (χ0) is 19.8. The number of morpholine rings is 1. The summed E-state index contributed by atoms with van der Waals surface area (Å²) in [4.78, 5) is 26.0. The van der Waals surface area contributed by atoms with E-state index in [1.54, 1.807) is 12.2 Å². The van der Waals surface area contributed by atoms with Gasteiger partial charge in [0, 0.05) is 43.9 Å². The molecular weight excluding hydrogens is 354 g/mol. The number of benzene rings is 1. The Morgan fingerprint density at radius 2 is 1.79 bits per heavy atom. The molecule has 2 N–H and O–H groups in total. The number of ether oxygens (including phenoxy) is 1. The lowest BCUT2D eigenvalue weighted by atomic mass is 9.79. The molecule has 0 aromatic heterocycles. The van der Waals surface area contributed by atoms with Gasteiger partial charge in [-0.1, -0.05) is 31.4 Å². The summed E-state index contributed by atoms with van der Waals surface area (Å²) in [5.74, 6) is -0.163. The molecule has 1 saturated carbocycles. The predicted octanol–water partition coefficient (Wildman–Crippen LogP) is 2.81. The van der Waals surface area contributed by atoms with Crippen LogP contribution >= 0.6 is 0 Å². The van der Waals surface area contributed by atoms with Crippen LogP contribution in [0.4, 0.5) is 5.69 Å². The van der Waals surface area contributed by atoms with Gasteiger partial charge in [0.05, 0.1) is 13.2 Å². The Hall–Kier alpha value is -2.18. The van der Waals surface area contributed by atoms with Crippen molar-refractivity contribution in [2.75, 3.05) is 38.2 Å². The molecule has 6 nitrogen and oxygen atoms in total. The maximum atomic E-state index is 12.4. The number of hydrogen-bond acceptors (Lipinski definition) is 4. The maximum Gasteiger partial charge on any atom is 0.244 e. The van der Waals surface area contributed by atoms with Crippen LogP contribution in [-0.4, -0.2) is 55.1 Å². The lowest BCUT2D eigenvalue weighted by Gasteiger charge is -2.48. The SMILES string of the molecule is CC(=O)Nc1ccc(/C=C/C(=O)NCC2(N3CCOCC3)CCCCC2)cc1. The molecular formula is C22H31N3O3. The van der Waals surface area contributed by atoms with Crippen LogP contribution < -0.4 is 10.6 Å². The van der Waals surface area contributed by atoms with Crippen molar-refractivity contribution in [1.82, 2.24) is 10.2 Å². The van der Waals surface area contributed by atoms with E-state index in [0.29, 0.717) is 6.54 Å². The molecule has 0 unspecified atom stereocenters. The fourth-order valence-electron chi connectivity index (χ4n) is 4.22. The Morgan fingerprint density at radius 3 is 2.43 bits per heavy atom. The zero-order valence-electron chi connectivity index (χ0n) is 16.7. The smallest absolute Gasteiger partial charge is 0.244 e. The molecule has 0 bridgehead atoms. The molecule has 3 rings (SSSR count). The molecule has 1 saturated heterocycles. The third kappa shape index (κ3) is 5.66. The Labute approximate surface area is 167 Å². The van der Waals surface area contributed by atoms with Gasteiger partial charge in [-0.3, -0.25) is 14.5 Å². The summed E-state index contributed by atoms with van der Waals surface area (Å²) in [5, 5.41) is 5.87. The third-order valence-corrected chi connectivity index (χ3v) is 5.72. The van der Waals surface area contributed by atoms with Crippen LogP contribution in [0.5, 0.6) is 0 Å². The van der Waals surface area contributed by atoms with Crippen molar-refractivity contribution in [2.24, 2.45) is 0 Å². The first-order valence-corrected chi connectivity index (χ1v) is 10.2. The van der Waals surface area contributed by atoms with Crippen molar-refractivity contribution < 1.29 is 14.3 Å². The number of nitrogens with zero attached hydrogens (tertiary/aromatic N) is 1. The highest BCUT2D eigenvalue weighted by atomic mass is 16.5. The first kappa shape index (κ1) is 20.6. The topological polar surface area (TPSA) is 70.7 Å². The average molecular weight is 386 g/mol. The first-order valence-electron chi connectivity index (χ1n) is 10.2. The molecule has 152 valence electrons. The van der Waals surface area contributed by atoms with E-state index in [9.17, 15) is 9.59 Å². The summed E-state index contributed by atoms with van der Waals surface area (Å²) in [6.45, 7) is 5.64. The van der Waals surface area contributed by atoms with Crippen LogP contribution in [0, 0.1) is 0 Å². The summed E-state index contributed by atoms with van der Waals surface area (Å²) < 4.78 is 5.51. The number of carbonyl (C=O) groups excluding carboxylic acids is 2.